The zero-order chi connectivity index (χ0) is 36.6. The van der Waals surface area contributed by atoms with Crippen molar-refractivity contribution in [2.24, 2.45) is 0 Å². The maximum atomic E-state index is 13.1. The van der Waals surface area contributed by atoms with Gasteiger partial charge < -0.3 is 20.4 Å². The summed E-state index contributed by atoms with van der Waals surface area (Å²) in [5, 5.41) is 6.57. The molecular formula is C34H32F6N8O2S2. The van der Waals surface area contributed by atoms with E-state index in [1.165, 1.54) is 34.8 Å². The third-order valence-electron chi connectivity index (χ3n) is 8.95. The van der Waals surface area contributed by atoms with Crippen molar-refractivity contribution in [1.29, 1.82) is 0 Å². The molecule has 0 bridgehead atoms. The van der Waals surface area contributed by atoms with Gasteiger partial charge in [-0.05, 0) is 48.5 Å². The standard InChI is InChI=1S/C34H32F6N8O2S2/c35-33(36,37)21-3-1-5-23(15-21)47-11-7-45(8-12-47)19-29(49)43-31-41-25-17-26-28(18-27(25)51-31)52-32(42-26)44-30(50)20-46-9-13-48(14-10-46)24-6-2-4-22(16-24)34(38,39)40/h1-6,15-18H,7-14,19-20H2,(H,41,43,49)(H,42,44,50). The van der Waals surface area contributed by atoms with E-state index in [4.69, 9.17) is 0 Å². The molecule has 5 aromatic rings. The van der Waals surface area contributed by atoms with E-state index >= 15 is 0 Å². The number of fused-ring (bicyclic) bond motifs is 2. The second kappa shape index (κ2) is 14.5. The second-order valence-corrected chi connectivity index (χ2v) is 14.6. The molecule has 7 rings (SSSR count). The van der Waals surface area contributed by atoms with Crippen molar-refractivity contribution in [3.05, 3.63) is 71.8 Å². The molecule has 2 aromatic heterocycles. The van der Waals surface area contributed by atoms with Gasteiger partial charge in [0.2, 0.25) is 11.8 Å². The van der Waals surface area contributed by atoms with Gasteiger partial charge in [0.15, 0.2) is 10.3 Å². The van der Waals surface area contributed by atoms with Crippen molar-refractivity contribution in [1.82, 2.24) is 19.8 Å². The van der Waals surface area contributed by atoms with Gasteiger partial charge in [0.25, 0.3) is 0 Å². The largest absolute Gasteiger partial charge is 0.416 e. The lowest BCUT2D eigenvalue weighted by Crippen LogP contribution is -2.48. The Morgan fingerprint density at radius 2 is 1.00 bits per heavy atom. The molecule has 0 atom stereocenters. The molecule has 18 heteroatoms. The molecule has 0 saturated carbocycles. The summed E-state index contributed by atoms with van der Waals surface area (Å²) in [6.45, 7) is 4.28. The third kappa shape index (κ3) is 8.40. The van der Waals surface area contributed by atoms with E-state index in [0.717, 1.165) is 33.7 Å². The van der Waals surface area contributed by atoms with Crippen molar-refractivity contribution >= 4 is 76.6 Å². The molecular weight excluding hydrogens is 731 g/mol. The lowest BCUT2D eigenvalue weighted by molar-refractivity contribution is -0.138. The highest BCUT2D eigenvalue weighted by Crippen LogP contribution is 2.35. The summed E-state index contributed by atoms with van der Waals surface area (Å²) in [5.74, 6) is -0.484. The van der Waals surface area contributed by atoms with Gasteiger partial charge in [-0.15, -0.1) is 0 Å². The molecule has 2 aliphatic rings. The summed E-state index contributed by atoms with van der Waals surface area (Å²) in [6, 6.07) is 14.2. The molecule has 0 spiro atoms. The minimum Gasteiger partial charge on any atom is -0.369 e. The molecule has 52 heavy (non-hydrogen) atoms. The smallest absolute Gasteiger partial charge is 0.369 e. The summed E-state index contributed by atoms with van der Waals surface area (Å²) in [6.07, 6.45) is -8.82. The predicted octanol–water partition coefficient (Wildman–Crippen LogP) is 6.47. The molecule has 2 saturated heterocycles. The van der Waals surface area contributed by atoms with Crippen molar-refractivity contribution in [2.45, 2.75) is 12.4 Å². The van der Waals surface area contributed by atoms with E-state index in [9.17, 15) is 35.9 Å². The molecule has 0 radical (unpaired) electrons. The zero-order valence-corrected chi connectivity index (χ0v) is 29.1. The fourth-order valence-corrected chi connectivity index (χ4v) is 8.15. The number of carbonyl (C=O) groups excluding carboxylic acids is 2. The SMILES string of the molecule is O=C(CN1CCN(c2cccc(C(F)(F)F)c2)CC1)Nc1nc2cc3nc(NC(=O)CN4CCN(c5cccc(C(F)(F)F)c5)CC4)sc3cc2s1. The summed E-state index contributed by atoms with van der Waals surface area (Å²) in [5.41, 5.74) is 0.917. The van der Waals surface area contributed by atoms with Crippen LogP contribution in [0.2, 0.25) is 0 Å². The van der Waals surface area contributed by atoms with Gasteiger partial charge in [0.05, 0.1) is 44.6 Å². The normalized spacial score (nSPS) is 16.5. The molecule has 2 fully saturated rings. The highest BCUT2D eigenvalue weighted by atomic mass is 32.1. The molecule has 2 aliphatic heterocycles. The fourth-order valence-electron chi connectivity index (χ4n) is 6.27. The molecule has 4 heterocycles. The van der Waals surface area contributed by atoms with E-state index in [0.29, 0.717) is 85.0 Å². The summed E-state index contributed by atoms with van der Waals surface area (Å²) in [7, 11) is 0. The van der Waals surface area contributed by atoms with Crippen LogP contribution in [0.25, 0.3) is 20.4 Å². The quantitative estimate of drug-likeness (QED) is 0.174. The van der Waals surface area contributed by atoms with E-state index in [1.54, 1.807) is 18.2 Å². The van der Waals surface area contributed by atoms with Crippen LogP contribution in [0.4, 0.5) is 48.0 Å². The second-order valence-electron chi connectivity index (χ2n) is 12.5. The van der Waals surface area contributed by atoms with Crippen molar-refractivity contribution in [3.8, 4) is 0 Å². The average molecular weight is 763 g/mol. The maximum absolute atomic E-state index is 13.1. The molecule has 10 nitrogen and oxygen atoms in total. The Balaban J connectivity index is 0.882. The van der Waals surface area contributed by atoms with Crippen molar-refractivity contribution in [2.75, 3.05) is 85.9 Å². The third-order valence-corrected chi connectivity index (χ3v) is 10.8. The van der Waals surface area contributed by atoms with Gasteiger partial charge in [-0.3, -0.25) is 19.4 Å². The molecule has 2 N–H and O–H groups in total. The molecule has 3 aromatic carbocycles. The number of anilines is 4. The van der Waals surface area contributed by atoms with Crippen LogP contribution < -0.4 is 20.4 Å². The molecule has 2 amide bonds. The average Bonchev–Trinajstić information content (AvgIpc) is 3.68. The van der Waals surface area contributed by atoms with Gasteiger partial charge in [-0.1, -0.05) is 34.8 Å². The summed E-state index contributed by atoms with van der Waals surface area (Å²) < 4.78 is 80.4. The van der Waals surface area contributed by atoms with Crippen molar-refractivity contribution < 1.29 is 35.9 Å². The van der Waals surface area contributed by atoms with Crippen LogP contribution in [-0.4, -0.2) is 97.0 Å². The lowest BCUT2D eigenvalue weighted by atomic mass is 10.1. The number of hydrogen-bond donors (Lipinski definition) is 2. The summed E-state index contributed by atoms with van der Waals surface area (Å²) in [4.78, 5) is 42.4. The predicted molar refractivity (Wildman–Crippen MR) is 190 cm³/mol. The number of nitrogens with one attached hydrogen (secondary N) is 2. The number of aromatic nitrogens is 2. The Morgan fingerprint density at radius 1 is 0.596 bits per heavy atom. The lowest BCUT2D eigenvalue weighted by Gasteiger charge is -2.35. The number of alkyl halides is 6. The molecule has 0 unspecified atom stereocenters. The van der Waals surface area contributed by atoms with Gasteiger partial charge in [0.1, 0.15) is 0 Å². The number of carbonyl (C=O) groups is 2. The Morgan fingerprint density at radius 3 is 1.38 bits per heavy atom. The Hall–Kier alpha value is -4.52. The molecule has 0 aliphatic carbocycles. The van der Waals surface area contributed by atoms with E-state index in [1.807, 2.05) is 25.7 Å². The number of benzene rings is 3. The molecule has 274 valence electrons. The number of rotatable bonds is 8. The first-order valence-corrected chi connectivity index (χ1v) is 18.0. The fraction of sp³-hybridized carbons (Fsp3) is 0.353. The number of thiazole rings is 2. The first-order chi connectivity index (χ1) is 24.8. The minimum absolute atomic E-state index is 0.123. The number of piperazine rings is 2. The van der Waals surface area contributed by atoms with Crippen LogP contribution in [0.5, 0.6) is 0 Å². The Labute approximate surface area is 301 Å². The minimum atomic E-state index is -4.41. The Kier molecular flexibility index (Phi) is 9.99. The van der Waals surface area contributed by atoms with Crippen LogP contribution >= 0.6 is 22.7 Å². The summed E-state index contributed by atoms with van der Waals surface area (Å²) >= 11 is 2.63. The van der Waals surface area contributed by atoms with Crippen molar-refractivity contribution in [3.63, 3.8) is 0 Å². The van der Waals surface area contributed by atoms with E-state index in [2.05, 4.69) is 20.6 Å². The number of nitrogens with zero attached hydrogens (tertiary/aromatic N) is 6. The highest BCUT2D eigenvalue weighted by molar-refractivity contribution is 7.24. The number of amides is 2. The monoisotopic (exact) mass is 762 g/mol. The maximum Gasteiger partial charge on any atom is 0.416 e. The zero-order valence-electron chi connectivity index (χ0n) is 27.4. The van der Waals surface area contributed by atoms with Crippen LogP contribution in [0, 0.1) is 0 Å². The Bertz CT molecular complexity index is 1890. The first-order valence-electron chi connectivity index (χ1n) is 16.4. The topological polar surface area (TPSA) is 96.9 Å². The first kappa shape index (κ1) is 35.9. The van der Waals surface area contributed by atoms with E-state index < -0.39 is 23.5 Å². The van der Waals surface area contributed by atoms with Crippen LogP contribution in [0.15, 0.2) is 60.7 Å². The van der Waals surface area contributed by atoms with Gasteiger partial charge >= 0.3 is 12.4 Å². The number of halogens is 6. The van der Waals surface area contributed by atoms with Crippen LogP contribution in [0.1, 0.15) is 11.1 Å². The van der Waals surface area contributed by atoms with Gasteiger partial charge in [0, 0.05) is 63.7 Å². The van der Waals surface area contributed by atoms with Crippen LogP contribution in [0.3, 0.4) is 0 Å². The highest BCUT2D eigenvalue weighted by Gasteiger charge is 2.32. The van der Waals surface area contributed by atoms with Gasteiger partial charge in [-0.2, -0.15) is 26.3 Å². The number of hydrogen-bond acceptors (Lipinski definition) is 10. The van der Waals surface area contributed by atoms with Gasteiger partial charge in [-0.25, -0.2) is 9.97 Å². The van der Waals surface area contributed by atoms with E-state index in [-0.39, 0.29) is 24.9 Å². The van der Waals surface area contributed by atoms with Crippen LogP contribution in [-0.2, 0) is 21.9 Å².